The molecule has 0 aliphatic rings. The van der Waals surface area contributed by atoms with Gasteiger partial charge in [0.15, 0.2) is 0 Å². The third kappa shape index (κ3) is 2.66. The number of aromatic nitrogens is 3. The second kappa shape index (κ2) is 6.69. The van der Waals surface area contributed by atoms with Gasteiger partial charge in [-0.05, 0) is 49.1 Å². The zero-order valence-electron chi connectivity index (χ0n) is 18.7. The molecule has 1 N–H and O–H groups in total. The van der Waals surface area contributed by atoms with Crippen LogP contribution in [0, 0.1) is 13.8 Å². The van der Waals surface area contributed by atoms with Gasteiger partial charge in [0.25, 0.3) is 0 Å². The molecular formula is C30H23N3. The molecule has 4 aromatic carbocycles. The third-order valence-corrected chi connectivity index (χ3v) is 7.10. The van der Waals surface area contributed by atoms with Crippen molar-refractivity contribution in [3.8, 4) is 0 Å². The van der Waals surface area contributed by atoms with E-state index in [0.717, 1.165) is 17.9 Å². The number of rotatable bonds is 2. The number of fused-ring (bicyclic) bond motifs is 8. The lowest BCUT2D eigenvalue weighted by Gasteiger charge is -2.11. The Morgan fingerprint density at radius 3 is 2.39 bits per heavy atom. The van der Waals surface area contributed by atoms with E-state index in [1.54, 1.807) is 0 Å². The van der Waals surface area contributed by atoms with E-state index >= 15 is 0 Å². The predicted octanol–water partition coefficient (Wildman–Crippen LogP) is 7.64. The fraction of sp³-hybridized carbons (Fsp3) is 0.100. The highest BCUT2D eigenvalue weighted by atomic mass is 15.0. The molecule has 0 unspecified atom stereocenters. The van der Waals surface area contributed by atoms with Crippen molar-refractivity contribution in [1.29, 1.82) is 0 Å². The fourth-order valence-electron chi connectivity index (χ4n) is 5.31. The van der Waals surface area contributed by atoms with E-state index in [0.29, 0.717) is 0 Å². The first-order valence-corrected chi connectivity index (χ1v) is 11.4. The molecule has 3 heteroatoms. The van der Waals surface area contributed by atoms with Crippen molar-refractivity contribution in [2.75, 3.05) is 0 Å². The van der Waals surface area contributed by atoms with Gasteiger partial charge in [0, 0.05) is 43.7 Å². The van der Waals surface area contributed by atoms with Crippen molar-refractivity contribution in [3.63, 3.8) is 0 Å². The van der Waals surface area contributed by atoms with Crippen LogP contribution in [0.1, 0.15) is 17.0 Å². The van der Waals surface area contributed by atoms with Crippen LogP contribution in [0.4, 0.5) is 0 Å². The molecular weight excluding hydrogens is 402 g/mol. The standard InChI is InChI=1S/C30H23N3/c1-18-11-13-21(31-19(18)2)17-33-29-16-28-25(23-9-5-6-10-27(23)32-28)15-26(29)24-14-12-20-7-3-4-8-22(20)30(24)33/h3-16,32H,17H2,1-2H3. The number of H-pyrrole nitrogens is 1. The van der Waals surface area contributed by atoms with Crippen LogP contribution in [0.2, 0.25) is 0 Å². The van der Waals surface area contributed by atoms with Crippen LogP contribution in [-0.2, 0) is 6.54 Å². The number of para-hydroxylation sites is 1. The van der Waals surface area contributed by atoms with E-state index < -0.39 is 0 Å². The molecule has 0 saturated carbocycles. The molecule has 3 aromatic heterocycles. The summed E-state index contributed by atoms with van der Waals surface area (Å²) in [5.41, 5.74) is 8.27. The fourth-order valence-corrected chi connectivity index (χ4v) is 5.31. The summed E-state index contributed by atoms with van der Waals surface area (Å²) in [7, 11) is 0. The van der Waals surface area contributed by atoms with Crippen molar-refractivity contribution in [2.24, 2.45) is 0 Å². The monoisotopic (exact) mass is 425 g/mol. The van der Waals surface area contributed by atoms with Gasteiger partial charge in [0.1, 0.15) is 0 Å². The largest absolute Gasteiger partial charge is 0.354 e. The highest BCUT2D eigenvalue weighted by Gasteiger charge is 2.17. The lowest BCUT2D eigenvalue weighted by Crippen LogP contribution is -2.03. The van der Waals surface area contributed by atoms with Gasteiger partial charge in [-0.15, -0.1) is 0 Å². The molecule has 33 heavy (non-hydrogen) atoms. The minimum atomic E-state index is 0.737. The van der Waals surface area contributed by atoms with Crippen LogP contribution in [-0.4, -0.2) is 14.5 Å². The second-order valence-corrected chi connectivity index (χ2v) is 9.06. The van der Waals surface area contributed by atoms with Gasteiger partial charge in [0.05, 0.1) is 23.3 Å². The molecule has 7 aromatic rings. The van der Waals surface area contributed by atoms with Gasteiger partial charge >= 0.3 is 0 Å². The summed E-state index contributed by atoms with van der Waals surface area (Å²) in [5.74, 6) is 0. The molecule has 0 atom stereocenters. The third-order valence-electron chi connectivity index (χ3n) is 7.10. The Labute approximate surface area is 191 Å². The van der Waals surface area contributed by atoms with Crippen molar-refractivity contribution >= 4 is 54.4 Å². The molecule has 3 heterocycles. The molecule has 0 bridgehead atoms. The van der Waals surface area contributed by atoms with Crippen LogP contribution < -0.4 is 0 Å². The van der Waals surface area contributed by atoms with Gasteiger partial charge in [-0.2, -0.15) is 0 Å². The quantitative estimate of drug-likeness (QED) is 0.303. The smallest absolute Gasteiger partial charge is 0.0654 e. The first-order chi connectivity index (χ1) is 16.2. The number of nitrogens with one attached hydrogen (secondary N) is 1. The van der Waals surface area contributed by atoms with Gasteiger partial charge in [-0.25, -0.2) is 0 Å². The van der Waals surface area contributed by atoms with Crippen LogP contribution in [0.25, 0.3) is 54.4 Å². The summed E-state index contributed by atoms with van der Waals surface area (Å²) in [4.78, 5) is 8.54. The van der Waals surface area contributed by atoms with Crippen molar-refractivity contribution in [3.05, 3.63) is 102 Å². The SMILES string of the molecule is Cc1ccc(Cn2c3cc4[nH]c5ccccc5c4cc3c3ccc4ccccc4c32)nc1C. The highest BCUT2D eigenvalue weighted by molar-refractivity contribution is 6.22. The number of pyridine rings is 1. The van der Waals surface area contributed by atoms with Crippen molar-refractivity contribution < 1.29 is 0 Å². The number of benzene rings is 4. The van der Waals surface area contributed by atoms with E-state index in [-0.39, 0.29) is 0 Å². The van der Waals surface area contributed by atoms with Gasteiger partial charge in [0.2, 0.25) is 0 Å². The minimum Gasteiger partial charge on any atom is -0.354 e. The number of nitrogens with zero attached hydrogens (tertiary/aromatic N) is 2. The maximum atomic E-state index is 4.91. The molecule has 0 radical (unpaired) electrons. The minimum absolute atomic E-state index is 0.737. The number of hydrogen-bond donors (Lipinski definition) is 1. The summed E-state index contributed by atoms with van der Waals surface area (Å²) < 4.78 is 2.45. The molecule has 0 amide bonds. The molecule has 0 saturated heterocycles. The summed E-state index contributed by atoms with van der Waals surface area (Å²) in [6, 6.07) is 30.8. The second-order valence-electron chi connectivity index (χ2n) is 9.06. The molecule has 3 nitrogen and oxygen atoms in total. The average molecular weight is 426 g/mol. The van der Waals surface area contributed by atoms with Gasteiger partial charge in [-0.3, -0.25) is 4.98 Å². The maximum absolute atomic E-state index is 4.91. The molecule has 0 aliphatic heterocycles. The highest BCUT2D eigenvalue weighted by Crippen LogP contribution is 2.38. The first-order valence-electron chi connectivity index (χ1n) is 11.4. The molecule has 0 aliphatic carbocycles. The Kier molecular flexibility index (Phi) is 3.74. The zero-order valence-corrected chi connectivity index (χ0v) is 18.7. The van der Waals surface area contributed by atoms with Crippen LogP contribution >= 0.6 is 0 Å². The van der Waals surface area contributed by atoms with E-state index in [1.165, 1.54) is 59.9 Å². The Balaban J connectivity index is 1.62. The lowest BCUT2D eigenvalue weighted by molar-refractivity contribution is 0.828. The van der Waals surface area contributed by atoms with E-state index in [9.17, 15) is 0 Å². The van der Waals surface area contributed by atoms with Crippen molar-refractivity contribution in [1.82, 2.24) is 14.5 Å². The summed E-state index contributed by atoms with van der Waals surface area (Å²) in [5, 5.41) is 7.67. The Bertz CT molecular complexity index is 1870. The van der Waals surface area contributed by atoms with Gasteiger partial charge < -0.3 is 9.55 Å². The Morgan fingerprint density at radius 2 is 1.52 bits per heavy atom. The zero-order chi connectivity index (χ0) is 22.1. The first kappa shape index (κ1) is 18.5. The van der Waals surface area contributed by atoms with Crippen LogP contribution in [0.5, 0.6) is 0 Å². The van der Waals surface area contributed by atoms with Crippen LogP contribution in [0.15, 0.2) is 84.9 Å². The van der Waals surface area contributed by atoms with E-state index in [4.69, 9.17) is 4.98 Å². The van der Waals surface area contributed by atoms with Crippen LogP contribution in [0.3, 0.4) is 0 Å². The predicted molar refractivity (Wildman–Crippen MR) is 139 cm³/mol. The molecule has 7 rings (SSSR count). The topological polar surface area (TPSA) is 33.6 Å². The summed E-state index contributed by atoms with van der Waals surface area (Å²) in [6.45, 7) is 4.95. The average Bonchev–Trinajstić information content (AvgIpc) is 3.35. The number of aromatic amines is 1. The normalized spacial score (nSPS) is 12.1. The molecule has 158 valence electrons. The molecule has 0 spiro atoms. The van der Waals surface area contributed by atoms with E-state index in [2.05, 4.69) is 108 Å². The summed E-state index contributed by atoms with van der Waals surface area (Å²) >= 11 is 0. The lowest BCUT2D eigenvalue weighted by atomic mass is 10.0. The summed E-state index contributed by atoms with van der Waals surface area (Å²) in [6.07, 6.45) is 0. The molecule has 0 fully saturated rings. The Morgan fingerprint density at radius 1 is 0.697 bits per heavy atom. The van der Waals surface area contributed by atoms with E-state index in [1.807, 2.05) is 0 Å². The maximum Gasteiger partial charge on any atom is 0.0654 e. The number of aryl methyl sites for hydroxylation is 2. The number of hydrogen-bond acceptors (Lipinski definition) is 1. The van der Waals surface area contributed by atoms with Crippen molar-refractivity contribution in [2.45, 2.75) is 20.4 Å². The van der Waals surface area contributed by atoms with Gasteiger partial charge in [-0.1, -0.05) is 60.7 Å². The Hall–Kier alpha value is -4.11.